The van der Waals surface area contributed by atoms with E-state index in [4.69, 9.17) is 31.4 Å². The summed E-state index contributed by atoms with van der Waals surface area (Å²) in [5.41, 5.74) is 4.29. The van der Waals surface area contributed by atoms with E-state index in [0.29, 0.717) is 35.7 Å². The van der Waals surface area contributed by atoms with Crippen LogP contribution in [0, 0.1) is 0 Å². The van der Waals surface area contributed by atoms with Crippen LogP contribution in [0.4, 0.5) is 11.5 Å². The summed E-state index contributed by atoms with van der Waals surface area (Å²) in [5.74, 6) is 1.81. The average molecular weight is 498 g/mol. The second-order valence-corrected chi connectivity index (χ2v) is 8.98. The zero-order chi connectivity index (χ0) is 24.8. The summed E-state index contributed by atoms with van der Waals surface area (Å²) in [6, 6.07) is 7.97. The molecule has 2 aliphatic rings. The van der Waals surface area contributed by atoms with Crippen molar-refractivity contribution in [2.75, 3.05) is 63.7 Å². The van der Waals surface area contributed by atoms with Gasteiger partial charge < -0.3 is 29.7 Å². The molecule has 0 amide bonds. The van der Waals surface area contributed by atoms with Crippen LogP contribution < -0.4 is 15.5 Å². The van der Waals surface area contributed by atoms with Crippen LogP contribution in [0.2, 0.25) is 0 Å². The summed E-state index contributed by atoms with van der Waals surface area (Å²) in [6.45, 7) is 8.97. The summed E-state index contributed by atoms with van der Waals surface area (Å²) >= 11 is 5.20. The molecule has 5 rings (SSSR count). The zero-order valence-electron chi connectivity index (χ0n) is 21.0. The van der Waals surface area contributed by atoms with Gasteiger partial charge in [-0.05, 0) is 69.5 Å². The highest BCUT2D eigenvalue weighted by Crippen LogP contribution is 2.36. The van der Waals surface area contributed by atoms with Crippen LogP contribution in [-0.4, -0.2) is 78.6 Å². The number of benzene rings is 1. The van der Waals surface area contributed by atoms with Gasteiger partial charge in [-0.15, -0.1) is 0 Å². The molecule has 0 saturated carbocycles. The van der Waals surface area contributed by atoms with E-state index >= 15 is 0 Å². The summed E-state index contributed by atoms with van der Waals surface area (Å²) in [6.07, 6.45) is 2.10. The van der Waals surface area contributed by atoms with E-state index < -0.39 is 0 Å². The van der Waals surface area contributed by atoms with Crippen molar-refractivity contribution >= 4 is 39.9 Å². The van der Waals surface area contributed by atoms with Gasteiger partial charge in [0.15, 0.2) is 16.8 Å². The summed E-state index contributed by atoms with van der Waals surface area (Å²) in [5, 5.41) is 11.1. The quantitative estimate of drug-likeness (QED) is 0.518. The summed E-state index contributed by atoms with van der Waals surface area (Å²) < 4.78 is 11.4. The Hall–Kier alpha value is -2.82. The highest BCUT2D eigenvalue weighted by molar-refractivity contribution is 7.80. The summed E-state index contributed by atoms with van der Waals surface area (Å²) in [4.78, 5) is 14.5. The molecule has 10 heteroatoms. The van der Waals surface area contributed by atoms with Crippen molar-refractivity contribution in [1.29, 1.82) is 0 Å². The molecule has 2 fully saturated rings. The van der Waals surface area contributed by atoms with Crippen molar-refractivity contribution in [3.05, 3.63) is 30.0 Å². The number of nitrogens with zero attached hydrogens (tertiary/aromatic N) is 5. The summed E-state index contributed by atoms with van der Waals surface area (Å²) in [7, 11) is 3.95. The smallest absolute Gasteiger partial charge is 0.227 e. The number of morpholine rings is 1. The Morgan fingerprint density at radius 3 is 2.37 bits per heavy atom. The van der Waals surface area contributed by atoms with Gasteiger partial charge >= 0.3 is 0 Å². The fourth-order valence-corrected chi connectivity index (χ4v) is 4.52. The minimum Gasteiger partial charge on any atom is -0.378 e. The molecule has 0 unspecified atom stereocenters. The number of thiocarbonyl (C=S) groups is 1. The van der Waals surface area contributed by atoms with Gasteiger partial charge in [0, 0.05) is 37.3 Å². The molecule has 4 heterocycles. The molecule has 0 atom stereocenters. The van der Waals surface area contributed by atoms with Crippen molar-refractivity contribution in [1.82, 2.24) is 25.3 Å². The number of hydrogen-bond donors (Lipinski definition) is 2. The zero-order valence-corrected chi connectivity index (χ0v) is 21.8. The second kappa shape index (κ2) is 11.7. The molecule has 2 N–H and O–H groups in total. The third kappa shape index (κ3) is 5.71. The molecule has 0 bridgehead atoms. The molecule has 0 radical (unpaired) electrons. The van der Waals surface area contributed by atoms with E-state index in [1.54, 1.807) is 7.05 Å². The van der Waals surface area contributed by atoms with Crippen molar-refractivity contribution in [2.45, 2.75) is 32.6 Å². The van der Waals surface area contributed by atoms with E-state index in [2.05, 4.69) is 32.6 Å². The lowest BCUT2D eigenvalue weighted by Gasteiger charge is -2.28. The molecule has 3 aromatic rings. The fraction of sp³-hybridized carbons (Fsp3) is 0.520. The molecule has 2 aliphatic heterocycles. The first-order valence-corrected chi connectivity index (χ1v) is 12.8. The number of aromatic nitrogens is 3. The van der Waals surface area contributed by atoms with Gasteiger partial charge in [-0.25, -0.2) is 9.97 Å². The first-order valence-electron chi connectivity index (χ1n) is 12.4. The fourth-order valence-electron chi connectivity index (χ4n) is 4.40. The first-order chi connectivity index (χ1) is 17.1. The lowest BCUT2D eigenvalue weighted by Crippen LogP contribution is -2.37. The third-order valence-corrected chi connectivity index (χ3v) is 6.68. The number of nitrogens with one attached hydrogen (secondary N) is 2. The van der Waals surface area contributed by atoms with Gasteiger partial charge in [0.05, 0.1) is 13.2 Å². The van der Waals surface area contributed by atoms with Crippen LogP contribution in [0.25, 0.3) is 22.5 Å². The van der Waals surface area contributed by atoms with E-state index in [1.165, 1.54) is 0 Å². The van der Waals surface area contributed by atoms with Crippen molar-refractivity contribution in [2.24, 2.45) is 0 Å². The van der Waals surface area contributed by atoms with E-state index in [9.17, 15) is 0 Å². The molecule has 188 valence electrons. The highest BCUT2D eigenvalue weighted by Gasteiger charge is 2.28. The normalized spacial score (nSPS) is 17.1. The number of hydrogen-bond acceptors (Lipinski definition) is 8. The monoisotopic (exact) mass is 497 g/mol. The van der Waals surface area contributed by atoms with Gasteiger partial charge in [0.2, 0.25) is 5.58 Å². The van der Waals surface area contributed by atoms with E-state index in [1.807, 2.05) is 38.1 Å². The number of rotatable bonds is 4. The number of likely N-dealkylation sites (tertiary alicyclic amines) is 1. The maximum absolute atomic E-state index is 5.88. The van der Waals surface area contributed by atoms with Gasteiger partial charge in [-0.3, -0.25) is 0 Å². The molecule has 2 aromatic heterocycles. The number of fused-ring (bicyclic) bond motifs is 1. The van der Waals surface area contributed by atoms with Crippen LogP contribution >= 0.6 is 12.2 Å². The lowest BCUT2D eigenvalue weighted by molar-refractivity contribution is 0.122. The lowest BCUT2D eigenvalue weighted by atomic mass is 9.93. The van der Waals surface area contributed by atoms with Gasteiger partial charge in [0.1, 0.15) is 11.2 Å². The van der Waals surface area contributed by atoms with E-state index in [0.717, 1.165) is 67.3 Å². The molecular formula is C25H35N7O2S. The van der Waals surface area contributed by atoms with Crippen LogP contribution in [0.5, 0.6) is 0 Å². The van der Waals surface area contributed by atoms with Crippen LogP contribution in [-0.2, 0) is 4.74 Å². The molecule has 9 nitrogen and oxygen atoms in total. The van der Waals surface area contributed by atoms with Gasteiger partial charge in [-0.2, -0.15) is 0 Å². The molecule has 2 saturated heterocycles. The number of piperidine rings is 1. The Kier molecular flexibility index (Phi) is 8.48. The van der Waals surface area contributed by atoms with Crippen LogP contribution in [0.15, 0.2) is 28.8 Å². The Bertz CT molecular complexity index is 1120. The van der Waals surface area contributed by atoms with Gasteiger partial charge in [-0.1, -0.05) is 19.0 Å². The molecule has 1 aromatic carbocycles. The maximum Gasteiger partial charge on any atom is 0.227 e. The van der Waals surface area contributed by atoms with Gasteiger partial charge in [0.25, 0.3) is 0 Å². The highest BCUT2D eigenvalue weighted by atomic mass is 32.1. The largest absolute Gasteiger partial charge is 0.378 e. The SMILES string of the molecule is CC.CNC(=S)Nc1ccc(-c2nc(N3CCOCC3)c3onc(C4CCN(C)CC4)c3n2)cc1. The Labute approximate surface area is 212 Å². The third-order valence-electron chi connectivity index (χ3n) is 6.37. The molecular weight excluding hydrogens is 462 g/mol. The first kappa shape index (κ1) is 25.3. The minimum atomic E-state index is 0.344. The maximum atomic E-state index is 5.88. The molecule has 35 heavy (non-hydrogen) atoms. The van der Waals surface area contributed by atoms with Crippen molar-refractivity contribution in [3.8, 4) is 11.4 Å². The topological polar surface area (TPSA) is 91.6 Å². The Morgan fingerprint density at radius 2 is 1.71 bits per heavy atom. The molecule has 0 spiro atoms. The van der Waals surface area contributed by atoms with Crippen molar-refractivity contribution < 1.29 is 9.26 Å². The minimum absolute atomic E-state index is 0.344. The van der Waals surface area contributed by atoms with Crippen LogP contribution in [0.1, 0.15) is 38.3 Å². The second-order valence-electron chi connectivity index (χ2n) is 8.57. The Morgan fingerprint density at radius 1 is 1.03 bits per heavy atom. The number of anilines is 2. The predicted octanol–water partition coefficient (Wildman–Crippen LogP) is 3.87. The standard InChI is InChI=1S/C23H29N7O2S.C2H6/c1-24-23(33)25-17-5-3-16(4-6-17)21-26-19-18(15-7-9-29(2)10-8-15)28-32-20(19)22(27-21)30-11-13-31-14-12-30;1-2/h3-6,15H,7-14H2,1-2H3,(H2,24,25,33);1-2H3. The molecule has 0 aliphatic carbocycles. The number of ether oxygens (including phenoxy) is 1. The predicted molar refractivity (Wildman–Crippen MR) is 144 cm³/mol. The Balaban J connectivity index is 0.00000141. The van der Waals surface area contributed by atoms with Crippen LogP contribution in [0.3, 0.4) is 0 Å². The van der Waals surface area contributed by atoms with E-state index in [-0.39, 0.29) is 0 Å². The average Bonchev–Trinajstić information content (AvgIpc) is 3.34. The van der Waals surface area contributed by atoms with Crippen molar-refractivity contribution in [3.63, 3.8) is 0 Å².